The molecule has 6 rings (SSSR count). The summed E-state index contributed by atoms with van der Waals surface area (Å²) in [6.45, 7) is 4.55. The Morgan fingerprint density at radius 3 is 1.85 bits per heavy atom. The van der Waals surface area contributed by atoms with E-state index in [1.54, 1.807) is 4.90 Å². The maximum atomic E-state index is 12.8. The molecule has 0 atom stereocenters. The quantitative estimate of drug-likeness (QED) is 0.468. The minimum Gasteiger partial charge on any atom is -0.469 e. The fourth-order valence-electron chi connectivity index (χ4n) is 6.48. The average molecular weight is 574 g/mol. The SMILES string of the molecule is COC(=O)C1CN(C(=O)C2(c3ccc(Cl)cc3)CCC2)C1.OCC1CN(CC2(c3ccc(Cl)cc3)CCC2)C1. The van der Waals surface area contributed by atoms with E-state index in [0.717, 1.165) is 49.5 Å². The maximum absolute atomic E-state index is 12.8. The Morgan fingerprint density at radius 1 is 0.872 bits per heavy atom. The molecule has 8 heteroatoms. The Labute approximate surface area is 241 Å². The highest BCUT2D eigenvalue weighted by molar-refractivity contribution is 6.30. The van der Waals surface area contributed by atoms with Crippen molar-refractivity contribution in [3.63, 3.8) is 0 Å². The van der Waals surface area contributed by atoms with Crippen LogP contribution in [0.2, 0.25) is 10.0 Å². The van der Waals surface area contributed by atoms with Gasteiger partial charge in [-0.15, -0.1) is 0 Å². The first kappa shape index (κ1) is 28.4. The lowest BCUT2D eigenvalue weighted by atomic mass is 9.63. The zero-order valence-electron chi connectivity index (χ0n) is 22.6. The molecule has 1 N–H and O–H groups in total. The van der Waals surface area contributed by atoms with E-state index >= 15 is 0 Å². The number of rotatable bonds is 7. The second-order valence-electron chi connectivity index (χ2n) is 11.8. The van der Waals surface area contributed by atoms with E-state index in [4.69, 9.17) is 33.0 Å². The molecular formula is C31H38Cl2N2O4. The predicted octanol–water partition coefficient (Wildman–Crippen LogP) is 5.08. The number of benzene rings is 2. The number of nitrogens with zero attached hydrogens (tertiary/aromatic N) is 2. The average Bonchev–Trinajstić information content (AvgIpc) is 2.83. The number of carbonyl (C=O) groups is 2. The second kappa shape index (κ2) is 11.8. The number of hydrogen-bond acceptors (Lipinski definition) is 5. The number of ether oxygens (including phenoxy) is 1. The van der Waals surface area contributed by atoms with Gasteiger partial charge < -0.3 is 19.6 Å². The minimum absolute atomic E-state index is 0.135. The predicted molar refractivity (Wildman–Crippen MR) is 153 cm³/mol. The number of methoxy groups -OCH3 is 1. The van der Waals surface area contributed by atoms with Crippen LogP contribution in [0.15, 0.2) is 48.5 Å². The highest BCUT2D eigenvalue weighted by Crippen LogP contribution is 2.47. The van der Waals surface area contributed by atoms with Crippen LogP contribution in [-0.4, -0.2) is 73.2 Å². The molecular weight excluding hydrogens is 535 g/mol. The van der Waals surface area contributed by atoms with Crippen LogP contribution >= 0.6 is 23.2 Å². The molecule has 2 aromatic rings. The van der Waals surface area contributed by atoms with Crippen molar-refractivity contribution in [1.82, 2.24) is 9.80 Å². The van der Waals surface area contributed by atoms with Gasteiger partial charge in [-0.25, -0.2) is 0 Å². The van der Waals surface area contributed by atoms with Crippen molar-refractivity contribution in [2.24, 2.45) is 11.8 Å². The summed E-state index contributed by atoms with van der Waals surface area (Å²) in [5.74, 6) is 0.248. The fraction of sp³-hybridized carbons (Fsp3) is 0.548. The number of likely N-dealkylation sites (tertiary alicyclic amines) is 2. The molecule has 2 aliphatic heterocycles. The van der Waals surface area contributed by atoms with Gasteiger partial charge in [-0.2, -0.15) is 0 Å². The van der Waals surface area contributed by atoms with E-state index in [0.29, 0.717) is 36.1 Å². The topological polar surface area (TPSA) is 70.1 Å². The monoisotopic (exact) mass is 572 g/mol. The van der Waals surface area contributed by atoms with Crippen LogP contribution in [-0.2, 0) is 25.2 Å². The van der Waals surface area contributed by atoms with Crippen LogP contribution in [0.4, 0.5) is 0 Å². The van der Waals surface area contributed by atoms with Crippen molar-refractivity contribution in [2.45, 2.75) is 49.4 Å². The highest BCUT2D eigenvalue weighted by Gasteiger charge is 2.51. The van der Waals surface area contributed by atoms with Gasteiger partial charge in [0.25, 0.3) is 0 Å². The van der Waals surface area contributed by atoms with E-state index < -0.39 is 5.41 Å². The van der Waals surface area contributed by atoms with Crippen molar-refractivity contribution in [1.29, 1.82) is 0 Å². The van der Waals surface area contributed by atoms with Crippen molar-refractivity contribution in [2.75, 3.05) is 46.4 Å². The number of amides is 1. The lowest BCUT2D eigenvalue weighted by Crippen LogP contribution is -2.60. The zero-order chi connectivity index (χ0) is 27.6. The van der Waals surface area contributed by atoms with Gasteiger partial charge >= 0.3 is 5.97 Å². The number of hydrogen-bond donors (Lipinski definition) is 1. The van der Waals surface area contributed by atoms with Gasteiger partial charge in [0.1, 0.15) is 0 Å². The van der Waals surface area contributed by atoms with Gasteiger partial charge in [0.2, 0.25) is 5.91 Å². The molecule has 0 spiro atoms. The first-order valence-corrected chi connectivity index (χ1v) is 14.8. The van der Waals surface area contributed by atoms with E-state index in [1.807, 2.05) is 36.4 Å². The van der Waals surface area contributed by atoms with Gasteiger partial charge in [0.05, 0.1) is 18.4 Å². The smallest absolute Gasteiger partial charge is 0.312 e. The van der Waals surface area contributed by atoms with Crippen LogP contribution in [0.1, 0.15) is 49.7 Å². The van der Waals surface area contributed by atoms with Gasteiger partial charge in [-0.1, -0.05) is 60.3 Å². The Hall–Kier alpha value is -2.12. The molecule has 0 radical (unpaired) electrons. The number of halogens is 2. The van der Waals surface area contributed by atoms with E-state index in [-0.39, 0.29) is 17.8 Å². The van der Waals surface area contributed by atoms with Crippen molar-refractivity contribution in [3.8, 4) is 0 Å². The molecule has 39 heavy (non-hydrogen) atoms. The lowest BCUT2D eigenvalue weighted by Gasteiger charge is -2.50. The van der Waals surface area contributed by atoms with Gasteiger partial charge in [0.15, 0.2) is 0 Å². The Kier molecular flexibility index (Phi) is 8.58. The standard InChI is InChI=1S/C16H18ClNO3.C15H20ClNO/c1-21-14(19)11-9-18(10-11)15(20)16(7-2-8-16)12-3-5-13(17)6-4-12;16-14-4-2-13(3-5-14)15(6-1-7-15)11-17-8-12(9-17)10-18/h3-6,11H,2,7-10H2,1H3;2-5,12,18H,1,6-11H2. The summed E-state index contributed by atoms with van der Waals surface area (Å²) in [5.41, 5.74) is 2.41. The summed E-state index contributed by atoms with van der Waals surface area (Å²) in [5, 5.41) is 10.6. The molecule has 1 amide bonds. The van der Waals surface area contributed by atoms with Crippen molar-refractivity contribution >= 4 is 35.1 Å². The number of esters is 1. The summed E-state index contributed by atoms with van der Waals surface area (Å²) >= 11 is 11.9. The molecule has 0 bridgehead atoms. The van der Waals surface area contributed by atoms with Crippen LogP contribution in [0, 0.1) is 11.8 Å². The summed E-state index contributed by atoms with van der Waals surface area (Å²) in [4.78, 5) is 28.5. The zero-order valence-corrected chi connectivity index (χ0v) is 24.1. The lowest BCUT2D eigenvalue weighted by molar-refractivity contribution is -0.159. The third-order valence-electron chi connectivity index (χ3n) is 9.30. The second-order valence-corrected chi connectivity index (χ2v) is 12.6. The summed E-state index contributed by atoms with van der Waals surface area (Å²) in [6.07, 6.45) is 6.70. The van der Waals surface area contributed by atoms with Crippen molar-refractivity contribution < 1.29 is 19.4 Å². The maximum Gasteiger partial charge on any atom is 0.312 e. The van der Waals surface area contributed by atoms with Crippen LogP contribution in [0.3, 0.4) is 0 Å². The first-order chi connectivity index (χ1) is 18.8. The van der Waals surface area contributed by atoms with Crippen LogP contribution in [0.5, 0.6) is 0 Å². The van der Waals surface area contributed by atoms with Crippen molar-refractivity contribution in [3.05, 3.63) is 69.7 Å². The summed E-state index contributed by atoms with van der Waals surface area (Å²) < 4.78 is 4.71. The molecule has 2 saturated heterocycles. The largest absolute Gasteiger partial charge is 0.469 e. The molecule has 210 valence electrons. The molecule has 6 nitrogen and oxygen atoms in total. The van der Waals surface area contributed by atoms with E-state index in [1.165, 1.54) is 31.9 Å². The molecule has 2 aliphatic carbocycles. The Bertz CT molecular complexity index is 1150. The first-order valence-electron chi connectivity index (χ1n) is 14.0. The number of aliphatic hydroxyl groups is 1. The number of carbonyl (C=O) groups excluding carboxylic acids is 2. The highest BCUT2D eigenvalue weighted by atomic mass is 35.5. The molecule has 2 aromatic carbocycles. The van der Waals surface area contributed by atoms with Gasteiger partial charge in [-0.3, -0.25) is 9.59 Å². The third kappa shape index (κ3) is 5.72. The molecule has 0 unspecified atom stereocenters. The summed E-state index contributed by atoms with van der Waals surface area (Å²) in [7, 11) is 1.38. The third-order valence-corrected chi connectivity index (χ3v) is 9.81. The summed E-state index contributed by atoms with van der Waals surface area (Å²) in [6, 6.07) is 15.9. The van der Waals surface area contributed by atoms with E-state index in [9.17, 15) is 9.59 Å². The fourth-order valence-corrected chi connectivity index (χ4v) is 6.73. The van der Waals surface area contributed by atoms with Crippen LogP contribution in [0.25, 0.3) is 0 Å². The molecule has 2 heterocycles. The van der Waals surface area contributed by atoms with E-state index in [2.05, 4.69) is 17.0 Å². The molecule has 4 fully saturated rings. The molecule has 0 aromatic heterocycles. The Morgan fingerprint density at radius 2 is 1.41 bits per heavy atom. The Balaban J connectivity index is 0.000000160. The van der Waals surface area contributed by atoms with Gasteiger partial charge in [0, 0.05) is 60.7 Å². The normalized spacial score (nSPS) is 21.8. The van der Waals surface area contributed by atoms with Gasteiger partial charge in [-0.05, 0) is 61.1 Å². The molecule has 2 saturated carbocycles. The minimum atomic E-state index is -0.411. The molecule has 4 aliphatic rings. The van der Waals surface area contributed by atoms with Crippen LogP contribution < -0.4 is 0 Å². The number of aliphatic hydroxyl groups excluding tert-OH is 1.